The number of amides is 3. The van der Waals surface area contributed by atoms with Crippen LogP contribution >= 0.6 is 0 Å². The Bertz CT molecular complexity index is 384. The van der Waals surface area contributed by atoms with Gasteiger partial charge in [-0.1, -0.05) is 0 Å². The van der Waals surface area contributed by atoms with E-state index in [0.717, 1.165) is 7.05 Å². The Morgan fingerprint density at radius 2 is 1.70 bits per heavy atom. The Labute approximate surface area is 112 Å². The number of carboxylic acids is 1. The third-order valence-electron chi connectivity index (χ3n) is 1.75. The van der Waals surface area contributed by atoms with E-state index in [2.05, 4.69) is 9.47 Å². The second-order valence-electron chi connectivity index (χ2n) is 3.42. The predicted molar refractivity (Wildman–Crippen MR) is 60.1 cm³/mol. The number of hydrogen-bond donors (Lipinski definition) is 4. The van der Waals surface area contributed by atoms with Crippen LogP contribution in [0.25, 0.3) is 0 Å². The fraction of sp³-hybridized carbons (Fsp3) is 0.556. The molecule has 0 aliphatic rings. The van der Waals surface area contributed by atoms with Crippen molar-refractivity contribution in [2.45, 2.75) is 6.10 Å². The van der Waals surface area contributed by atoms with Crippen LogP contribution in [0.5, 0.6) is 0 Å². The zero-order chi connectivity index (χ0) is 15.7. The molecule has 0 aromatic heterocycles. The van der Waals surface area contributed by atoms with E-state index < -0.39 is 50.1 Å². The molecule has 4 N–H and O–H groups in total. The minimum atomic E-state index is -1.53. The molecule has 0 saturated carbocycles. The number of nitrogens with zero attached hydrogens (tertiary/aromatic N) is 1. The third-order valence-corrected chi connectivity index (χ3v) is 1.75. The molecule has 0 aromatic rings. The van der Waals surface area contributed by atoms with Crippen LogP contribution in [0.15, 0.2) is 0 Å². The van der Waals surface area contributed by atoms with Crippen LogP contribution < -0.4 is 5.32 Å². The summed E-state index contributed by atoms with van der Waals surface area (Å²) < 4.78 is 8.82. The van der Waals surface area contributed by atoms with Crippen molar-refractivity contribution in [1.82, 2.24) is 10.2 Å². The van der Waals surface area contributed by atoms with E-state index in [0.29, 0.717) is 0 Å². The molecule has 0 aliphatic carbocycles. The summed E-state index contributed by atoms with van der Waals surface area (Å²) in [5.41, 5.74) is 0. The lowest BCUT2D eigenvalue weighted by Crippen LogP contribution is -2.36. The van der Waals surface area contributed by atoms with Crippen LogP contribution in [0.1, 0.15) is 0 Å². The molecule has 0 heterocycles. The molecule has 3 amide bonds. The Balaban J connectivity index is 3.86. The van der Waals surface area contributed by atoms with Gasteiger partial charge in [0.1, 0.15) is 25.9 Å². The highest BCUT2D eigenvalue weighted by atomic mass is 16.6. The quantitative estimate of drug-likeness (QED) is 0.476. The predicted octanol–water partition coefficient (Wildman–Crippen LogP) is -1.10. The molecule has 0 fully saturated rings. The van der Waals surface area contributed by atoms with Crippen molar-refractivity contribution < 1.29 is 44.0 Å². The first-order valence-electron chi connectivity index (χ1n) is 5.18. The van der Waals surface area contributed by atoms with Crippen LogP contribution in [0.2, 0.25) is 0 Å². The number of aliphatic hydroxyl groups is 1. The summed E-state index contributed by atoms with van der Waals surface area (Å²) >= 11 is 0. The van der Waals surface area contributed by atoms with Gasteiger partial charge in [0, 0.05) is 7.05 Å². The molecule has 1 atom stereocenters. The number of carbonyl (C=O) groups excluding carboxylic acids is 2. The number of ether oxygens (including phenoxy) is 2. The smallest absolute Gasteiger partial charge is 0.419 e. The fourth-order valence-corrected chi connectivity index (χ4v) is 0.761. The number of imide groups is 1. The van der Waals surface area contributed by atoms with Gasteiger partial charge < -0.3 is 30.1 Å². The van der Waals surface area contributed by atoms with Crippen LogP contribution in [0.4, 0.5) is 14.4 Å². The molecule has 20 heavy (non-hydrogen) atoms. The lowest BCUT2D eigenvalue weighted by Gasteiger charge is -2.14. The van der Waals surface area contributed by atoms with Gasteiger partial charge >= 0.3 is 24.2 Å². The number of nitrogens with one attached hydrogen (secondary N) is 1. The Hall–Kier alpha value is -2.56. The standard InChI is InChI=1S/C9H14N2O9/c1-11(8(16)17)9(18)20-4-5(12)3-19-7(15)10-2-6(13)14/h5,12H,2-4H2,1H3,(H,10,15)(H,13,14)(H,16,17). The number of hydrogen-bond acceptors (Lipinski definition) is 7. The average Bonchev–Trinajstić information content (AvgIpc) is 2.38. The van der Waals surface area contributed by atoms with Crippen molar-refractivity contribution in [1.29, 1.82) is 0 Å². The van der Waals surface area contributed by atoms with Crippen LogP contribution in [-0.2, 0) is 14.3 Å². The zero-order valence-electron chi connectivity index (χ0n) is 10.4. The molecule has 1 unspecified atom stereocenters. The van der Waals surface area contributed by atoms with E-state index in [1.54, 1.807) is 0 Å². The summed E-state index contributed by atoms with van der Waals surface area (Å²) in [7, 11) is 0.951. The molecule has 0 saturated heterocycles. The second-order valence-corrected chi connectivity index (χ2v) is 3.42. The van der Waals surface area contributed by atoms with Crippen molar-refractivity contribution in [3.8, 4) is 0 Å². The van der Waals surface area contributed by atoms with Crippen LogP contribution in [0, 0.1) is 0 Å². The van der Waals surface area contributed by atoms with E-state index in [1.165, 1.54) is 0 Å². The molecule has 0 rings (SSSR count). The molecule has 0 spiro atoms. The monoisotopic (exact) mass is 294 g/mol. The Morgan fingerprint density at radius 3 is 2.20 bits per heavy atom. The molecule has 0 aliphatic heterocycles. The van der Waals surface area contributed by atoms with E-state index >= 15 is 0 Å². The van der Waals surface area contributed by atoms with Crippen molar-refractivity contribution in [3.63, 3.8) is 0 Å². The SMILES string of the molecule is CN(C(=O)O)C(=O)OCC(O)COC(=O)NCC(=O)O. The lowest BCUT2D eigenvalue weighted by molar-refractivity contribution is -0.135. The number of aliphatic carboxylic acids is 1. The van der Waals surface area contributed by atoms with Crippen molar-refractivity contribution in [2.75, 3.05) is 26.8 Å². The first-order valence-corrected chi connectivity index (χ1v) is 5.18. The molecule has 11 nitrogen and oxygen atoms in total. The van der Waals surface area contributed by atoms with Gasteiger partial charge in [-0.2, -0.15) is 0 Å². The first kappa shape index (κ1) is 17.4. The van der Waals surface area contributed by atoms with Gasteiger partial charge in [0.2, 0.25) is 0 Å². The minimum absolute atomic E-state index is 0.257. The molecule has 0 radical (unpaired) electrons. The summed E-state index contributed by atoms with van der Waals surface area (Å²) in [6.07, 6.45) is -5.18. The highest BCUT2D eigenvalue weighted by Crippen LogP contribution is 1.94. The molecular weight excluding hydrogens is 280 g/mol. The Morgan fingerprint density at radius 1 is 1.15 bits per heavy atom. The summed E-state index contributed by atoms with van der Waals surface area (Å²) in [6, 6.07) is 0. The summed E-state index contributed by atoms with van der Waals surface area (Å²) in [5.74, 6) is -1.27. The van der Waals surface area contributed by atoms with Crippen LogP contribution in [0.3, 0.4) is 0 Å². The zero-order valence-corrected chi connectivity index (χ0v) is 10.4. The fourth-order valence-electron chi connectivity index (χ4n) is 0.761. The minimum Gasteiger partial charge on any atom is -0.480 e. The lowest BCUT2D eigenvalue weighted by atomic mass is 10.4. The second kappa shape index (κ2) is 8.53. The molecule has 114 valence electrons. The summed E-state index contributed by atoms with van der Waals surface area (Å²) in [6.45, 7) is -1.80. The summed E-state index contributed by atoms with van der Waals surface area (Å²) in [5, 5.41) is 27.8. The van der Waals surface area contributed by atoms with Gasteiger partial charge in [-0.3, -0.25) is 4.79 Å². The van der Waals surface area contributed by atoms with E-state index in [1.807, 2.05) is 5.32 Å². The maximum Gasteiger partial charge on any atom is 0.419 e. The highest BCUT2D eigenvalue weighted by Gasteiger charge is 2.18. The topological polar surface area (TPSA) is 163 Å². The Kier molecular flexibility index (Phi) is 7.43. The molecular formula is C9H14N2O9. The average molecular weight is 294 g/mol. The van der Waals surface area contributed by atoms with Gasteiger partial charge in [0.25, 0.3) is 0 Å². The highest BCUT2D eigenvalue weighted by molar-refractivity contribution is 5.86. The number of carboxylic acid groups (broad SMARTS) is 2. The molecule has 11 heteroatoms. The maximum absolute atomic E-state index is 11.0. The molecule has 0 aromatic carbocycles. The summed E-state index contributed by atoms with van der Waals surface area (Å²) in [4.78, 5) is 42.6. The van der Waals surface area contributed by atoms with E-state index in [9.17, 15) is 24.3 Å². The van der Waals surface area contributed by atoms with Crippen molar-refractivity contribution in [3.05, 3.63) is 0 Å². The van der Waals surface area contributed by atoms with E-state index in [-0.39, 0.29) is 4.90 Å². The number of alkyl carbamates (subject to hydrolysis) is 1. The molecule has 0 bridgehead atoms. The van der Waals surface area contributed by atoms with Crippen LogP contribution in [-0.4, -0.2) is 77.4 Å². The van der Waals surface area contributed by atoms with Gasteiger partial charge in [0.05, 0.1) is 0 Å². The van der Waals surface area contributed by atoms with E-state index in [4.69, 9.17) is 10.2 Å². The largest absolute Gasteiger partial charge is 0.480 e. The third kappa shape index (κ3) is 7.71. The van der Waals surface area contributed by atoms with Gasteiger partial charge in [-0.05, 0) is 0 Å². The number of carbonyl (C=O) groups is 4. The maximum atomic E-state index is 11.0. The van der Waals surface area contributed by atoms with Gasteiger partial charge in [-0.15, -0.1) is 0 Å². The number of rotatable bonds is 6. The first-order chi connectivity index (χ1) is 9.23. The van der Waals surface area contributed by atoms with Gasteiger partial charge in [-0.25, -0.2) is 19.3 Å². The normalized spacial score (nSPS) is 11.1. The van der Waals surface area contributed by atoms with Crippen molar-refractivity contribution in [2.24, 2.45) is 0 Å². The van der Waals surface area contributed by atoms with Crippen molar-refractivity contribution >= 4 is 24.2 Å². The number of aliphatic hydroxyl groups excluding tert-OH is 1. The van der Waals surface area contributed by atoms with Gasteiger partial charge in [0.15, 0.2) is 0 Å².